The molecule has 4 rings (SSSR count). The van der Waals surface area contributed by atoms with E-state index in [1.54, 1.807) is 6.20 Å². The zero-order valence-electron chi connectivity index (χ0n) is 13.2. The van der Waals surface area contributed by atoms with Crippen molar-refractivity contribution in [2.45, 2.75) is 31.5 Å². The molecule has 122 valence electrons. The normalized spacial score (nSPS) is 24.2. The first kappa shape index (κ1) is 14.7. The van der Waals surface area contributed by atoms with Crippen molar-refractivity contribution in [2.24, 2.45) is 0 Å². The van der Waals surface area contributed by atoms with Gasteiger partial charge in [-0.2, -0.15) is 5.10 Å². The van der Waals surface area contributed by atoms with E-state index in [0.29, 0.717) is 31.9 Å². The Morgan fingerprint density at radius 2 is 2.22 bits per heavy atom. The molecular formula is C17H21N3O3. The number of hydrogen-bond donors (Lipinski definition) is 1. The van der Waals surface area contributed by atoms with Crippen molar-refractivity contribution in [2.75, 3.05) is 26.3 Å². The Bertz CT molecular complexity index is 721. The number of rotatable bonds is 1. The molecule has 6 heteroatoms. The number of carbonyl (C=O) groups is 1. The first-order valence-electron chi connectivity index (χ1n) is 8.14. The molecule has 0 saturated carbocycles. The summed E-state index contributed by atoms with van der Waals surface area (Å²) < 4.78 is 11.7. The number of carbonyl (C=O) groups excluding carboxylic acids is 1. The van der Waals surface area contributed by atoms with Crippen LogP contribution in [-0.4, -0.2) is 59.0 Å². The number of H-pyrrole nitrogens is 1. The van der Waals surface area contributed by atoms with Crippen LogP contribution in [0.15, 0.2) is 24.4 Å². The van der Waals surface area contributed by atoms with Crippen LogP contribution >= 0.6 is 0 Å². The fourth-order valence-corrected chi connectivity index (χ4v) is 3.72. The minimum absolute atomic E-state index is 0.0340. The molecule has 0 aliphatic carbocycles. The molecule has 0 bridgehead atoms. The molecule has 2 aromatic rings. The van der Waals surface area contributed by atoms with Gasteiger partial charge < -0.3 is 14.4 Å². The first-order chi connectivity index (χ1) is 11.2. The van der Waals surface area contributed by atoms with Crippen LogP contribution in [0.1, 0.15) is 30.1 Å². The number of fused-ring (bicyclic) bond motifs is 1. The number of aromatic nitrogens is 2. The number of amides is 1. The lowest BCUT2D eigenvalue weighted by Crippen LogP contribution is -2.58. The standard InChI is InChI=1S/C17H21N3O3/c1-12-10-20(11-17(23-12)5-7-22-8-6-17)16(21)14-4-2-3-13-9-18-19-15(13)14/h2-4,9,12H,5-8,10-11H2,1H3,(H,18,19). The van der Waals surface area contributed by atoms with Gasteiger partial charge in [-0.3, -0.25) is 9.89 Å². The van der Waals surface area contributed by atoms with Gasteiger partial charge in [0.05, 0.1) is 35.5 Å². The first-order valence-corrected chi connectivity index (χ1v) is 8.14. The molecule has 0 radical (unpaired) electrons. The Kier molecular flexibility index (Phi) is 3.58. The lowest BCUT2D eigenvalue weighted by Gasteiger charge is -2.47. The third-order valence-electron chi connectivity index (χ3n) is 4.81. The molecule has 1 aromatic carbocycles. The van der Waals surface area contributed by atoms with E-state index in [4.69, 9.17) is 9.47 Å². The van der Waals surface area contributed by atoms with Gasteiger partial charge in [-0.1, -0.05) is 12.1 Å². The van der Waals surface area contributed by atoms with E-state index in [2.05, 4.69) is 10.2 Å². The number of benzene rings is 1. The zero-order valence-corrected chi connectivity index (χ0v) is 13.2. The SMILES string of the molecule is CC1CN(C(=O)c2cccc3cn[nH]c23)CC2(CCOCC2)O1. The predicted octanol–water partition coefficient (Wildman–Crippen LogP) is 1.97. The topological polar surface area (TPSA) is 67.5 Å². The summed E-state index contributed by atoms with van der Waals surface area (Å²) in [5.41, 5.74) is 1.22. The van der Waals surface area contributed by atoms with Crippen LogP contribution in [0, 0.1) is 0 Å². The van der Waals surface area contributed by atoms with Crippen LogP contribution in [0.4, 0.5) is 0 Å². The highest BCUT2D eigenvalue weighted by Gasteiger charge is 2.42. The van der Waals surface area contributed by atoms with Crippen molar-refractivity contribution >= 4 is 16.8 Å². The summed E-state index contributed by atoms with van der Waals surface area (Å²) in [4.78, 5) is 15.0. The Morgan fingerprint density at radius 1 is 1.39 bits per heavy atom. The van der Waals surface area contributed by atoms with Gasteiger partial charge in [0, 0.05) is 38.0 Å². The van der Waals surface area contributed by atoms with E-state index in [0.717, 1.165) is 23.7 Å². The van der Waals surface area contributed by atoms with E-state index >= 15 is 0 Å². The molecule has 6 nitrogen and oxygen atoms in total. The summed E-state index contributed by atoms with van der Waals surface area (Å²) in [5.74, 6) is 0.0425. The number of nitrogens with one attached hydrogen (secondary N) is 1. The number of hydrogen-bond acceptors (Lipinski definition) is 4. The van der Waals surface area contributed by atoms with Gasteiger partial charge in [-0.15, -0.1) is 0 Å². The number of nitrogens with zero attached hydrogens (tertiary/aromatic N) is 2. The second kappa shape index (κ2) is 5.62. The van der Waals surface area contributed by atoms with Crippen molar-refractivity contribution in [3.8, 4) is 0 Å². The van der Waals surface area contributed by atoms with E-state index in [9.17, 15) is 4.79 Å². The summed E-state index contributed by atoms with van der Waals surface area (Å²) in [6.07, 6.45) is 3.46. The van der Waals surface area contributed by atoms with Gasteiger partial charge in [0.15, 0.2) is 0 Å². The maximum absolute atomic E-state index is 13.1. The van der Waals surface area contributed by atoms with Gasteiger partial charge in [-0.05, 0) is 13.0 Å². The van der Waals surface area contributed by atoms with E-state index in [1.807, 2.05) is 30.0 Å². The van der Waals surface area contributed by atoms with Crippen LogP contribution in [-0.2, 0) is 9.47 Å². The minimum Gasteiger partial charge on any atom is -0.381 e. The van der Waals surface area contributed by atoms with Crippen LogP contribution in [0.5, 0.6) is 0 Å². The second-order valence-electron chi connectivity index (χ2n) is 6.55. The molecule has 1 amide bonds. The zero-order chi connectivity index (χ0) is 15.9. The molecule has 3 heterocycles. The highest BCUT2D eigenvalue weighted by Crippen LogP contribution is 2.32. The second-order valence-corrected chi connectivity index (χ2v) is 6.55. The summed E-state index contributed by atoms with van der Waals surface area (Å²) in [6.45, 7) is 4.68. The van der Waals surface area contributed by atoms with Crippen LogP contribution < -0.4 is 0 Å². The smallest absolute Gasteiger partial charge is 0.256 e. The lowest BCUT2D eigenvalue weighted by molar-refractivity contribution is -0.176. The van der Waals surface area contributed by atoms with Crippen molar-refractivity contribution in [3.63, 3.8) is 0 Å². The molecular weight excluding hydrogens is 294 g/mol. The molecule has 1 N–H and O–H groups in total. The number of para-hydroxylation sites is 1. The predicted molar refractivity (Wildman–Crippen MR) is 85.3 cm³/mol. The average molecular weight is 315 g/mol. The van der Waals surface area contributed by atoms with Crippen LogP contribution in [0.25, 0.3) is 10.9 Å². The summed E-state index contributed by atoms with van der Waals surface area (Å²) in [5, 5.41) is 7.95. The van der Waals surface area contributed by atoms with Crippen molar-refractivity contribution in [3.05, 3.63) is 30.0 Å². The summed E-state index contributed by atoms with van der Waals surface area (Å²) >= 11 is 0. The van der Waals surface area contributed by atoms with Gasteiger partial charge >= 0.3 is 0 Å². The number of aromatic amines is 1. The quantitative estimate of drug-likeness (QED) is 0.874. The molecule has 2 aliphatic heterocycles. The van der Waals surface area contributed by atoms with E-state index in [1.165, 1.54) is 0 Å². The van der Waals surface area contributed by atoms with Crippen LogP contribution in [0.3, 0.4) is 0 Å². The van der Waals surface area contributed by atoms with Gasteiger partial charge in [0.1, 0.15) is 0 Å². The molecule has 1 unspecified atom stereocenters. The minimum atomic E-state index is -0.256. The Hall–Kier alpha value is -1.92. The van der Waals surface area contributed by atoms with Crippen molar-refractivity contribution in [1.29, 1.82) is 0 Å². The largest absolute Gasteiger partial charge is 0.381 e. The third-order valence-corrected chi connectivity index (χ3v) is 4.81. The third kappa shape index (κ3) is 2.62. The Morgan fingerprint density at radius 3 is 3.04 bits per heavy atom. The molecule has 23 heavy (non-hydrogen) atoms. The van der Waals surface area contributed by atoms with Gasteiger partial charge in [-0.25, -0.2) is 0 Å². The van der Waals surface area contributed by atoms with E-state index in [-0.39, 0.29) is 17.6 Å². The fraction of sp³-hybridized carbons (Fsp3) is 0.529. The van der Waals surface area contributed by atoms with Gasteiger partial charge in [0.2, 0.25) is 0 Å². The number of ether oxygens (including phenoxy) is 2. The molecule has 2 fully saturated rings. The molecule has 2 aliphatic rings. The Labute approximate surface area is 134 Å². The van der Waals surface area contributed by atoms with E-state index < -0.39 is 0 Å². The lowest BCUT2D eigenvalue weighted by atomic mass is 9.91. The van der Waals surface area contributed by atoms with Crippen molar-refractivity contribution < 1.29 is 14.3 Å². The summed E-state index contributed by atoms with van der Waals surface area (Å²) in [7, 11) is 0. The highest BCUT2D eigenvalue weighted by molar-refractivity contribution is 6.05. The molecule has 1 atom stereocenters. The summed E-state index contributed by atoms with van der Waals surface area (Å²) in [6, 6.07) is 5.72. The Balaban J connectivity index is 1.63. The molecule has 1 spiro atoms. The molecule has 2 saturated heterocycles. The maximum Gasteiger partial charge on any atom is 0.256 e. The van der Waals surface area contributed by atoms with Crippen LogP contribution in [0.2, 0.25) is 0 Å². The highest BCUT2D eigenvalue weighted by atomic mass is 16.5. The molecule has 1 aromatic heterocycles. The maximum atomic E-state index is 13.1. The average Bonchev–Trinajstić information content (AvgIpc) is 3.02. The number of morpholine rings is 1. The monoisotopic (exact) mass is 315 g/mol. The van der Waals surface area contributed by atoms with Crippen molar-refractivity contribution in [1.82, 2.24) is 15.1 Å². The fourth-order valence-electron chi connectivity index (χ4n) is 3.72. The van der Waals surface area contributed by atoms with Gasteiger partial charge in [0.25, 0.3) is 5.91 Å².